The first kappa shape index (κ1) is 23.7. The molecule has 0 aromatic carbocycles. The van der Waals surface area contributed by atoms with E-state index in [1.54, 1.807) is 0 Å². The molecule has 0 aromatic heterocycles. The van der Waals surface area contributed by atoms with Crippen molar-refractivity contribution in [2.75, 3.05) is 65.9 Å². The highest BCUT2D eigenvalue weighted by Crippen LogP contribution is 1.95. The molecule has 148 valence electrons. The lowest BCUT2D eigenvalue weighted by atomic mass is 10.2. The number of hydrogen-bond donors (Lipinski definition) is 4. The Kier molecular flexibility index (Phi) is 16.6. The molecule has 0 radical (unpaired) electrons. The van der Waals surface area contributed by atoms with Gasteiger partial charge in [-0.05, 0) is 0 Å². The minimum atomic E-state index is -1.02. The number of carboxylic acids is 1. The van der Waals surface area contributed by atoms with Gasteiger partial charge >= 0.3 is 5.97 Å². The first-order chi connectivity index (χ1) is 12.1. The number of amides is 1. The third-order valence-electron chi connectivity index (χ3n) is 2.84. The van der Waals surface area contributed by atoms with Crippen molar-refractivity contribution in [3.63, 3.8) is 0 Å². The predicted molar refractivity (Wildman–Crippen MR) is 90.2 cm³/mol. The van der Waals surface area contributed by atoms with E-state index >= 15 is 0 Å². The molecule has 25 heavy (non-hydrogen) atoms. The van der Waals surface area contributed by atoms with Gasteiger partial charge in [0.1, 0.15) is 0 Å². The molecule has 0 saturated heterocycles. The van der Waals surface area contributed by atoms with E-state index in [0.29, 0.717) is 52.7 Å². The van der Waals surface area contributed by atoms with Crippen molar-refractivity contribution in [1.29, 1.82) is 0 Å². The molecule has 0 rings (SSSR count). The van der Waals surface area contributed by atoms with Crippen molar-refractivity contribution in [2.45, 2.75) is 18.9 Å². The van der Waals surface area contributed by atoms with Crippen molar-refractivity contribution in [3.8, 4) is 0 Å². The van der Waals surface area contributed by atoms with Gasteiger partial charge in [-0.2, -0.15) is 0 Å². The number of nitrogens with two attached hydrogens (primary N) is 2. The Balaban J connectivity index is 4.03. The highest BCUT2D eigenvalue weighted by atomic mass is 16.5. The molecule has 0 aliphatic carbocycles. The average Bonchev–Trinajstić information content (AvgIpc) is 2.58. The number of carbonyl (C=O) groups excluding carboxylic acids is 1. The Morgan fingerprint density at radius 3 is 1.72 bits per heavy atom. The maximum atomic E-state index is 11.7. The van der Waals surface area contributed by atoms with Crippen molar-refractivity contribution >= 4 is 11.9 Å². The fourth-order valence-corrected chi connectivity index (χ4v) is 1.71. The van der Waals surface area contributed by atoms with Crippen molar-refractivity contribution in [2.24, 2.45) is 11.5 Å². The van der Waals surface area contributed by atoms with Crippen LogP contribution in [0.3, 0.4) is 0 Å². The molecule has 0 aliphatic rings. The van der Waals surface area contributed by atoms with Gasteiger partial charge in [0.25, 0.3) is 0 Å². The molecule has 6 N–H and O–H groups in total. The third-order valence-corrected chi connectivity index (χ3v) is 2.84. The van der Waals surface area contributed by atoms with Crippen molar-refractivity contribution in [1.82, 2.24) is 5.32 Å². The second kappa shape index (κ2) is 17.5. The lowest BCUT2D eigenvalue weighted by Gasteiger charge is -2.19. The molecule has 10 nitrogen and oxygen atoms in total. The molecule has 0 bridgehead atoms. The first-order valence-electron chi connectivity index (χ1n) is 8.32. The van der Waals surface area contributed by atoms with Crippen LogP contribution in [-0.2, 0) is 28.5 Å². The topological polar surface area (TPSA) is 155 Å². The quantitative estimate of drug-likeness (QED) is 0.208. The molecule has 0 saturated carbocycles. The summed E-state index contributed by atoms with van der Waals surface area (Å²) in [6, 6.07) is -0.384. The fraction of sp³-hybridized carbons (Fsp3) is 0.867. The number of rotatable bonds is 18. The Labute approximate surface area is 148 Å². The first-order valence-corrected chi connectivity index (χ1v) is 8.32. The summed E-state index contributed by atoms with van der Waals surface area (Å²) in [5.74, 6) is -1.38. The monoisotopic (exact) mass is 365 g/mol. The van der Waals surface area contributed by atoms with Crippen LogP contribution < -0.4 is 16.8 Å². The number of ether oxygens (including phenoxy) is 4. The molecule has 0 aromatic rings. The number of carboxylic acid groups (broad SMARTS) is 1. The molecule has 10 heteroatoms. The maximum Gasteiger partial charge on any atom is 0.303 e. The smallest absolute Gasteiger partial charge is 0.303 e. The molecule has 0 atom stereocenters. The minimum Gasteiger partial charge on any atom is -0.481 e. The standard InChI is InChI=1S/C15H31N3O7/c16-3-5-22-7-9-24-11-13(12-25-10-8-23-6-4-17)18-14(19)1-2-15(20)21/h13H,1-12,16-17H2,(H,18,19)(H,20,21). The van der Waals surface area contributed by atoms with Crippen LogP contribution in [0.2, 0.25) is 0 Å². The van der Waals surface area contributed by atoms with Gasteiger partial charge in [0, 0.05) is 19.5 Å². The summed E-state index contributed by atoms with van der Waals surface area (Å²) >= 11 is 0. The summed E-state index contributed by atoms with van der Waals surface area (Å²) in [5.41, 5.74) is 10.6. The van der Waals surface area contributed by atoms with E-state index in [0.717, 1.165) is 0 Å². The minimum absolute atomic E-state index is 0.0922. The van der Waals surface area contributed by atoms with E-state index in [4.69, 9.17) is 35.5 Å². The van der Waals surface area contributed by atoms with Crippen molar-refractivity contribution in [3.05, 3.63) is 0 Å². The zero-order valence-electron chi connectivity index (χ0n) is 14.6. The third kappa shape index (κ3) is 17.3. The van der Waals surface area contributed by atoms with Crippen LogP contribution >= 0.6 is 0 Å². The molecule has 0 spiro atoms. The number of hydrogen-bond acceptors (Lipinski definition) is 8. The van der Waals surface area contributed by atoms with Gasteiger partial charge < -0.3 is 40.8 Å². The largest absolute Gasteiger partial charge is 0.481 e. The van der Waals surface area contributed by atoms with Crippen molar-refractivity contribution < 1.29 is 33.6 Å². The van der Waals surface area contributed by atoms with E-state index in [2.05, 4.69) is 5.32 Å². The molecule has 0 heterocycles. The van der Waals surface area contributed by atoms with Crippen LogP contribution in [0, 0.1) is 0 Å². The second-order valence-electron chi connectivity index (χ2n) is 5.11. The van der Waals surface area contributed by atoms with Gasteiger partial charge in [-0.15, -0.1) is 0 Å². The van der Waals surface area contributed by atoms with E-state index in [1.165, 1.54) is 0 Å². The van der Waals surface area contributed by atoms with E-state index < -0.39 is 5.97 Å². The van der Waals surface area contributed by atoms with Gasteiger partial charge in [-0.1, -0.05) is 0 Å². The molecular formula is C15H31N3O7. The van der Waals surface area contributed by atoms with E-state index in [9.17, 15) is 9.59 Å². The average molecular weight is 365 g/mol. The normalized spacial score (nSPS) is 11.0. The Bertz CT molecular complexity index is 329. The molecule has 0 fully saturated rings. The number of aliphatic carboxylic acids is 1. The zero-order chi connectivity index (χ0) is 18.8. The SMILES string of the molecule is NCCOCCOCC(COCCOCCN)NC(=O)CCC(=O)O. The van der Waals surface area contributed by atoms with Crippen LogP contribution in [0.15, 0.2) is 0 Å². The maximum absolute atomic E-state index is 11.7. The number of nitrogens with one attached hydrogen (secondary N) is 1. The summed E-state index contributed by atoms with van der Waals surface area (Å²) < 4.78 is 21.3. The molecule has 1 amide bonds. The Morgan fingerprint density at radius 2 is 1.28 bits per heavy atom. The Morgan fingerprint density at radius 1 is 0.800 bits per heavy atom. The van der Waals surface area contributed by atoms with Crippen LogP contribution in [0.25, 0.3) is 0 Å². The molecule has 0 aliphatic heterocycles. The fourth-order valence-electron chi connectivity index (χ4n) is 1.71. The van der Waals surface area contributed by atoms with Gasteiger partial charge in [-0.3, -0.25) is 9.59 Å². The highest BCUT2D eigenvalue weighted by Gasteiger charge is 2.14. The summed E-state index contributed by atoms with van der Waals surface area (Å²) in [6.07, 6.45) is -0.314. The predicted octanol–water partition coefficient (Wildman–Crippen LogP) is -1.68. The van der Waals surface area contributed by atoms with Crippen LogP contribution in [0.5, 0.6) is 0 Å². The second-order valence-corrected chi connectivity index (χ2v) is 5.11. The van der Waals surface area contributed by atoms with E-state index in [-0.39, 0.29) is 38.0 Å². The van der Waals surface area contributed by atoms with Crippen LogP contribution in [-0.4, -0.2) is 89.0 Å². The van der Waals surface area contributed by atoms with Crippen LogP contribution in [0.4, 0.5) is 0 Å². The molecular weight excluding hydrogens is 334 g/mol. The summed E-state index contributed by atoms with van der Waals surface area (Å²) in [4.78, 5) is 22.3. The van der Waals surface area contributed by atoms with Crippen LogP contribution in [0.1, 0.15) is 12.8 Å². The lowest BCUT2D eigenvalue weighted by Crippen LogP contribution is -2.42. The lowest BCUT2D eigenvalue weighted by molar-refractivity contribution is -0.139. The Hall–Kier alpha value is -1.30. The summed E-state index contributed by atoms with van der Waals surface area (Å²) in [5, 5.41) is 11.3. The van der Waals surface area contributed by atoms with Gasteiger partial charge in [0.05, 0.1) is 65.3 Å². The van der Waals surface area contributed by atoms with Gasteiger partial charge in [0.2, 0.25) is 5.91 Å². The highest BCUT2D eigenvalue weighted by molar-refractivity contribution is 5.80. The van der Waals surface area contributed by atoms with Gasteiger partial charge in [0.15, 0.2) is 0 Å². The van der Waals surface area contributed by atoms with E-state index in [1.807, 2.05) is 0 Å². The summed E-state index contributed by atoms with van der Waals surface area (Å²) in [7, 11) is 0. The number of carbonyl (C=O) groups is 2. The zero-order valence-corrected chi connectivity index (χ0v) is 14.6. The molecule has 0 unspecified atom stereocenters. The summed E-state index contributed by atoms with van der Waals surface area (Å²) in [6.45, 7) is 3.82. The van der Waals surface area contributed by atoms with Gasteiger partial charge in [-0.25, -0.2) is 0 Å².